The molecule has 2 aromatic carbocycles. The van der Waals surface area contributed by atoms with Gasteiger partial charge >= 0.3 is 0 Å². The van der Waals surface area contributed by atoms with Crippen molar-refractivity contribution in [2.24, 2.45) is 23.7 Å². The van der Waals surface area contributed by atoms with Crippen molar-refractivity contribution < 1.29 is 14.4 Å². The second-order valence-electron chi connectivity index (χ2n) is 10.9. The number of aliphatic hydroxyl groups is 1. The summed E-state index contributed by atoms with van der Waals surface area (Å²) in [5.41, 5.74) is 2.05. The standard InChI is InChI=1S/C28H36N2O2/c1-20-12-14-21(15-13-20)17-30(2)18-25-24(26(25)19-30)16-29-27(31)28(32,23-10-6-7-11-23)22-8-4-3-5-9-22/h3-5,8-9,12-15,23-26,32H,6-7,10-11,16-19H2,1-2H3/p+1. The molecule has 2 saturated carbocycles. The van der Waals surface area contributed by atoms with Crippen LogP contribution in [0, 0.1) is 30.6 Å². The Hall–Kier alpha value is -2.17. The Labute approximate surface area is 192 Å². The van der Waals surface area contributed by atoms with E-state index in [9.17, 15) is 9.90 Å². The predicted octanol–water partition coefficient (Wildman–Crippen LogP) is 4.01. The molecule has 1 heterocycles. The van der Waals surface area contributed by atoms with Gasteiger partial charge in [0, 0.05) is 29.9 Å². The van der Waals surface area contributed by atoms with E-state index in [-0.39, 0.29) is 11.8 Å². The third-order valence-electron chi connectivity index (χ3n) is 8.50. The van der Waals surface area contributed by atoms with Gasteiger partial charge in [0.05, 0.1) is 20.1 Å². The average Bonchev–Trinajstić information content (AvgIpc) is 3.18. The maximum absolute atomic E-state index is 13.3. The van der Waals surface area contributed by atoms with Crippen molar-refractivity contribution in [2.45, 2.75) is 44.8 Å². The molecule has 0 bridgehead atoms. The van der Waals surface area contributed by atoms with Gasteiger partial charge in [-0.05, 0) is 31.2 Å². The van der Waals surface area contributed by atoms with E-state index >= 15 is 0 Å². The summed E-state index contributed by atoms with van der Waals surface area (Å²) >= 11 is 0. The summed E-state index contributed by atoms with van der Waals surface area (Å²) in [7, 11) is 2.37. The summed E-state index contributed by atoms with van der Waals surface area (Å²) in [4.78, 5) is 13.3. The number of hydrogen-bond donors (Lipinski definition) is 2. The molecule has 2 N–H and O–H groups in total. The van der Waals surface area contributed by atoms with Crippen LogP contribution in [0.15, 0.2) is 54.6 Å². The first kappa shape index (κ1) is 21.7. The molecule has 3 fully saturated rings. The van der Waals surface area contributed by atoms with E-state index in [1.165, 1.54) is 24.2 Å². The van der Waals surface area contributed by atoms with Gasteiger partial charge in [-0.25, -0.2) is 0 Å². The van der Waals surface area contributed by atoms with Crippen LogP contribution in [-0.4, -0.2) is 42.2 Å². The van der Waals surface area contributed by atoms with Crippen molar-refractivity contribution >= 4 is 5.91 Å². The first-order valence-corrected chi connectivity index (χ1v) is 12.3. The lowest BCUT2D eigenvalue weighted by Crippen LogP contribution is -2.50. The zero-order chi connectivity index (χ0) is 22.3. The quantitative estimate of drug-likeness (QED) is 0.648. The highest BCUT2D eigenvalue weighted by molar-refractivity contribution is 5.86. The Morgan fingerprint density at radius 2 is 1.66 bits per heavy atom. The number of piperidine rings is 1. The van der Waals surface area contributed by atoms with Crippen molar-refractivity contribution in [3.63, 3.8) is 0 Å². The van der Waals surface area contributed by atoms with Crippen molar-refractivity contribution in [3.8, 4) is 0 Å². The number of likely N-dealkylation sites (tertiary alicyclic amines) is 1. The van der Waals surface area contributed by atoms with Crippen molar-refractivity contribution in [1.29, 1.82) is 0 Å². The van der Waals surface area contributed by atoms with Crippen LogP contribution in [-0.2, 0) is 16.9 Å². The van der Waals surface area contributed by atoms with Crippen LogP contribution in [0.2, 0.25) is 0 Å². The lowest BCUT2D eigenvalue weighted by Gasteiger charge is -2.34. The molecule has 170 valence electrons. The largest absolute Gasteiger partial charge is 0.375 e. The smallest absolute Gasteiger partial charge is 0.256 e. The SMILES string of the molecule is Cc1ccc(C[N+]2(C)CC3C(CNC(=O)C(O)(c4ccccc4)C4CCCC4)C3C2)cc1. The van der Waals surface area contributed by atoms with Gasteiger partial charge in [0.2, 0.25) is 0 Å². The molecule has 32 heavy (non-hydrogen) atoms. The highest BCUT2D eigenvalue weighted by atomic mass is 16.3. The Morgan fingerprint density at radius 3 is 2.28 bits per heavy atom. The minimum Gasteiger partial charge on any atom is -0.375 e. The van der Waals surface area contributed by atoms with E-state index < -0.39 is 5.60 Å². The number of benzene rings is 2. The second-order valence-corrected chi connectivity index (χ2v) is 10.9. The summed E-state index contributed by atoms with van der Waals surface area (Å²) in [5, 5.41) is 14.8. The normalized spacial score (nSPS) is 31.2. The summed E-state index contributed by atoms with van der Waals surface area (Å²) in [5.74, 6) is 1.77. The van der Waals surface area contributed by atoms with Crippen LogP contribution in [0.5, 0.6) is 0 Å². The van der Waals surface area contributed by atoms with Crippen LogP contribution in [0.4, 0.5) is 0 Å². The highest BCUT2D eigenvalue weighted by Gasteiger charge is 2.61. The number of amides is 1. The third kappa shape index (κ3) is 3.99. The van der Waals surface area contributed by atoms with Crippen molar-refractivity contribution in [2.75, 3.05) is 26.7 Å². The van der Waals surface area contributed by atoms with E-state index in [1.807, 2.05) is 30.3 Å². The fourth-order valence-corrected chi connectivity index (χ4v) is 6.66. The number of fused-ring (bicyclic) bond motifs is 1. The zero-order valence-electron chi connectivity index (χ0n) is 19.5. The van der Waals surface area contributed by atoms with E-state index in [1.54, 1.807) is 0 Å². The number of carbonyl (C=O) groups is 1. The highest BCUT2D eigenvalue weighted by Crippen LogP contribution is 2.54. The third-order valence-corrected chi connectivity index (χ3v) is 8.50. The van der Waals surface area contributed by atoms with Crippen LogP contribution >= 0.6 is 0 Å². The van der Waals surface area contributed by atoms with Crippen LogP contribution in [0.25, 0.3) is 0 Å². The van der Waals surface area contributed by atoms with Gasteiger partial charge in [0.15, 0.2) is 5.60 Å². The van der Waals surface area contributed by atoms with Crippen LogP contribution < -0.4 is 5.32 Å². The minimum atomic E-state index is -1.40. The van der Waals surface area contributed by atoms with Crippen molar-refractivity contribution in [3.05, 3.63) is 71.3 Å². The Kier molecular flexibility index (Phi) is 5.63. The Morgan fingerprint density at radius 1 is 1.03 bits per heavy atom. The second kappa shape index (κ2) is 8.31. The summed E-state index contributed by atoms with van der Waals surface area (Å²) < 4.78 is 1.10. The molecule has 3 atom stereocenters. The van der Waals surface area contributed by atoms with E-state index in [2.05, 4.69) is 43.6 Å². The minimum absolute atomic E-state index is 0.0121. The molecule has 1 amide bonds. The van der Waals surface area contributed by atoms with Gasteiger partial charge in [-0.15, -0.1) is 0 Å². The molecule has 3 aliphatic rings. The number of nitrogens with zero attached hydrogens (tertiary/aromatic N) is 1. The molecule has 1 saturated heterocycles. The maximum atomic E-state index is 13.3. The Balaban J connectivity index is 1.19. The summed E-state index contributed by atoms with van der Waals surface area (Å²) in [6.45, 7) is 6.28. The van der Waals surface area contributed by atoms with E-state index in [0.717, 1.165) is 42.3 Å². The molecule has 4 nitrogen and oxygen atoms in total. The summed E-state index contributed by atoms with van der Waals surface area (Å²) in [6, 6.07) is 18.5. The van der Waals surface area contributed by atoms with Gasteiger partial charge in [0.25, 0.3) is 5.91 Å². The number of quaternary nitrogens is 1. The van der Waals surface area contributed by atoms with Gasteiger partial charge in [-0.2, -0.15) is 0 Å². The number of hydrogen-bond acceptors (Lipinski definition) is 2. The van der Waals surface area contributed by atoms with E-state index in [0.29, 0.717) is 24.3 Å². The van der Waals surface area contributed by atoms with Crippen LogP contribution in [0.1, 0.15) is 42.4 Å². The lowest BCUT2D eigenvalue weighted by atomic mass is 9.79. The monoisotopic (exact) mass is 433 g/mol. The number of aryl methyl sites for hydroxylation is 1. The number of rotatable bonds is 7. The molecular formula is C28H37N2O2+. The molecule has 5 rings (SSSR count). The first-order valence-electron chi connectivity index (χ1n) is 12.3. The number of nitrogens with one attached hydrogen (secondary N) is 1. The molecule has 4 heteroatoms. The maximum Gasteiger partial charge on any atom is 0.256 e. The van der Waals surface area contributed by atoms with Gasteiger partial charge in [-0.1, -0.05) is 73.0 Å². The van der Waals surface area contributed by atoms with Gasteiger partial charge in [-0.3, -0.25) is 4.79 Å². The van der Waals surface area contributed by atoms with Crippen molar-refractivity contribution in [1.82, 2.24) is 5.32 Å². The average molecular weight is 434 g/mol. The number of carbonyl (C=O) groups excluding carboxylic acids is 1. The molecule has 0 aromatic heterocycles. The fraction of sp³-hybridized carbons (Fsp3) is 0.536. The first-order chi connectivity index (χ1) is 15.4. The topological polar surface area (TPSA) is 49.3 Å². The van der Waals surface area contributed by atoms with Gasteiger partial charge < -0.3 is 14.9 Å². The molecule has 0 radical (unpaired) electrons. The molecule has 2 aliphatic carbocycles. The molecular weight excluding hydrogens is 396 g/mol. The van der Waals surface area contributed by atoms with Gasteiger partial charge in [0.1, 0.15) is 6.54 Å². The van der Waals surface area contributed by atoms with E-state index in [4.69, 9.17) is 0 Å². The zero-order valence-corrected chi connectivity index (χ0v) is 19.5. The molecule has 1 aliphatic heterocycles. The Bertz CT molecular complexity index is 939. The predicted molar refractivity (Wildman–Crippen MR) is 127 cm³/mol. The molecule has 0 spiro atoms. The summed E-state index contributed by atoms with van der Waals surface area (Å²) in [6.07, 6.45) is 4.03. The molecule has 3 unspecified atom stereocenters. The van der Waals surface area contributed by atoms with Crippen LogP contribution in [0.3, 0.4) is 0 Å². The molecule has 2 aromatic rings. The lowest BCUT2D eigenvalue weighted by molar-refractivity contribution is -0.916. The fourth-order valence-electron chi connectivity index (χ4n) is 6.66.